The number of carbonyl (C=O) groups is 3. The molecule has 106 valence electrons. The summed E-state index contributed by atoms with van der Waals surface area (Å²) in [4.78, 5) is 36.6. The standard InChI is InChI=1S/C12H20N4O3/c13-9(17)7-16(10(18)8-3-1-6-15-8)11(19)12(14)4-2-5-12/h8,15H,1-7,14H2,(H2,13,17)/t8-/m0/s1. The first-order valence-corrected chi connectivity index (χ1v) is 6.60. The summed E-state index contributed by atoms with van der Waals surface area (Å²) in [5.41, 5.74) is 10.1. The minimum Gasteiger partial charge on any atom is -0.368 e. The summed E-state index contributed by atoms with van der Waals surface area (Å²) < 4.78 is 0. The van der Waals surface area contributed by atoms with E-state index in [1.807, 2.05) is 0 Å². The Kier molecular flexibility index (Phi) is 3.86. The molecule has 7 heteroatoms. The molecule has 0 bridgehead atoms. The second kappa shape index (κ2) is 5.26. The highest BCUT2D eigenvalue weighted by atomic mass is 16.2. The predicted octanol–water partition coefficient (Wildman–Crippen LogP) is -1.54. The van der Waals surface area contributed by atoms with E-state index >= 15 is 0 Å². The molecule has 0 spiro atoms. The minimum atomic E-state index is -0.996. The smallest absolute Gasteiger partial charge is 0.249 e. The fourth-order valence-electron chi connectivity index (χ4n) is 2.53. The van der Waals surface area contributed by atoms with Crippen molar-refractivity contribution in [1.82, 2.24) is 10.2 Å². The van der Waals surface area contributed by atoms with Crippen molar-refractivity contribution in [3.05, 3.63) is 0 Å². The van der Waals surface area contributed by atoms with Gasteiger partial charge in [0, 0.05) is 0 Å². The molecule has 0 aromatic heterocycles. The van der Waals surface area contributed by atoms with Gasteiger partial charge in [0.2, 0.25) is 17.7 Å². The largest absolute Gasteiger partial charge is 0.368 e. The van der Waals surface area contributed by atoms with Crippen LogP contribution in [0.2, 0.25) is 0 Å². The van der Waals surface area contributed by atoms with Crippen molar-refractivity contribution in [2.24, 2.45) is 11.5 Å². The van der Waals surface area contributed by atoms with Crippen LogP contribution < -0.4 is 16.8 Å². The van der Waals surface area contributed by atoms with Crippen LogP contribution in [0.4, 0.5) is 0 Å². The van der Waals surface area contributed by atoms with E-state index < -0.39 is 35.8 Å². The lowest BCUT2D eigenvalue weighted by molar-refractivity contribution is -0.153. The molecule has 0 radical (unpaired) electrons. The lowest BCUT2D eigenvalue weighted by Crippen LogP contribution is -2.63. The molecule has 7 nitrogen and oxygen atoms in total. The van der Waals surface area contributed by atoms with Crippen LogP contribution in [0.1, 0.15) is 32.1 Å². The number of nitrogens with one attached hydrogen (secondary N) is 1. The number of primary amides is 1. The molecule has 19 heavy (non-hydrogen) atoms. The highest BCUT2D eigenvalue weighted by Gasteiger charge is 2.45. The molecule has 2 fully saturated rings. The van der Waals surface area contributed by atoms with Gasteiger partial charge in [-0.2, -0.15) is 0 Å². The van der Waals surface area contributed by atoms with Crippen molar-refractivity contribution in [3.63, 3.8) is 0 Å². The molecule has 0 aromatic rings. The first-order chi connectivity index (χ1) is 8.94. The molecular formula is C12H20N4O3. The van der Waals surface area contributed by atoms with Gasteiger partial charge in [0.1, 0.15) is 6.54 Å². The molecule has 5 N–H and O–H groups in total. The quantitative estimate of drug-likeness (QED) is 0.534. The average molecular weight is 268 g/mol. The van der Waals surface area contributed by atoms with Crippen molar-refractivity contribution in [3.8, 4) is 0 Å². The Labute approximate surface area is 111 Å². The van der Waals surface area contributed by atoms with Gasteiger partial charge in [0.15, 0.2) is 0 Å². The lowest BCUT2D eigenvalue weighted by atomic mass is 9.76. The predicted molar refractivity (Wildman–Crippen MR) is 67.7 cm³/mol. The molecule has 1 aliphatic heterocycles. The number of hydrogen-bond donors (Lipinski definition) is 3. The Balaban J connectivity index is 2.12. The summed E-state index contributed by atoms with van der Waals surface area (Å²) in [7, 11) is 0. The van der Waals surface area contributed by atoms with Gasteiger partial charge in [-0.3, -0.25) is 19.3 Å². The van der Waals surface area contributed by atoms with Gasteiger partial charge < -0.3 is 16.8 Å². The monoisotopic (exact) mass is 268 g/mol. The van der Waals surface area contributed by atoms with Crippen molar-refractivity contribution in [2.75, 3.05) is 13.1 Å². The van der Waals surface area contributed by atoms with Gasteiger partial charge >= 0.3 is 0 Å². The maximum Gasteiger partial charge on any atom is 0.249 e. The number of amides is 3. The fraction of sp³-hybridized carbons (Fsp3) is 0.750. The summed E-state index contributed by atoms with van der Waals surface area (Å²) in [6.45, 7) is 0.345. The van der Waals surface area contributed by atoms with E-state index in [9.17, 15) is 14.4 Å². The number of nitrogens with zero attached hydrogens (tertiary/aromatic N) is 1. The summed E-state index contributed by atoms with van der Waals surface area (Å²) in [5.74, 6) is -1.57. The Morgan fingerprint density at radius 3 is 2.37 bits per heavy atom. The van der Waals surface area contributed by atoms with Crippen LogP contribution in [0.3, 0.4) is 0 Å². The van der Waals surface area contributed by atoms with Crippen LogP contribution >= 0.6 is 0 Å². The number of hydrogen-bond acceptors (Lipinski definition) is 5. The Bertz CT molecular complexity index is 400. The highest BCUT2D eigenvalue weighted by molar-refractivity contribution is 6.04. The van der Waals surface area contributed by atoms with Crippen LogP contribution in [0, 0.1) is 0 Å². The first-order valence-electron chi connectivity index (χ1n) is 6.60. The van der Waals surface area contributed by atoms with Crippen molar-refractivity contribution in [1.29, 1.82) is 0 Å². The summed E-state index contributed by atoms with van der Waals surface area (Å²) in [6.07, 6.45) is 3.50. The Morgan fingerprint density at radius 1 is 1.26 bits per heavy atom. The minimum absolute atomic E-state index is 0.391. The molecule has 1 heterocycles. The maximum absolute atomic E-state index is 12.3. The summed E-state index contributed by atoms with van der Waals surface area (Å²) >= 11 is 0. The Morgan fingerprint density at radius 2 is 1.95 bits per heavy atom. The SMILES string of the molecule is NC(=O)CN(C(=O)[C@@H]1CCCN1)C(=O)C1(N)CCC1. The molecule has 0 aromatic carbocycles. The van der Waals surface area contributed by atoms with Crippen LogP contribution in [-0.2, 0) is 14.4 Å². The van der Waals surface area contributed by atoms with E-state index in [-0.39, 0.29) is 0 Å². The van der Waals surface area contributed by atoms with Gasteiger partial charge in [-0.15, -0.1) is 0 Å². The number of rotatable bonds is 4. The van der Waals surface area contributed by atoms with E-state index in [2.05, 4.69) is 5.32 Å². The zero-order valence-corrected chi connectivity index (χ0v) is 10.9. The molecule has 0 unspecified atom stereocenters. The first kappa shape index (κ1) is 14.0. The third-order valence-electron chi connectivity index (χ3n) is 3.86. The Hall–Kier alpha value is -1.47. The third kappa shape index (κ3) is 2.76. The normalized spacial score (nSPS) is 24.6. The summed E-state index contributed by atoms with van der Waals surface area (Å²) in [6, 6.07) is -0.410. The van der Waals surface area contributed by atoms with Crippen LogP contribution in [0.15, 0.2) is 0 Å². The molecule has 3 amide bonds. The fourth-order valence-corrected chi connectivity index (χ4v) is 2.53. The third-order valence-corrected chi connectivity index (χ3v) is 3.86. The van der Waals surface area contributed by atoms with Gasteiger partial charge in [-0.05, 0) is 38.6 Å². The van der Waals surface area contributed by atoms with Gasteiger partial charge in [-0.25, -0.2) is 0 Å². The lowest BCUT2D eigenvalue weighted by Gasteiger charge is -2.39. The molecule has 1 atom stereocenters. The van der Waals surface area contributed by atoms with Gasteiger partial charge in [-0.1, -0.05) is 0 Å². The highest BCUT2D eigenvalue weighted by Crippen LogP contribution is 2.31. The van der Waals surface area contributed by atoms with Crippen LogP contribution in [-0.4, -0.2) is 47.3 Å². The van der Waals surface area contributed by atoms with Gasteiger partial charge in [0.05, 0.1) is 11.6 Å². The molecule has 1 aliphatic carbocycles. The second-order valence-electron chi connectivity index (χ2n) is 5.35. The molecule has 2 aliphatic rings. The second-order valence-corrected chi connectivity index (χ2v) is 5.35. The van der Waals surface area contributed by atoms with Crippen LogP contribution in [0.25, 0.3) is 0 Å². The van der Waals surface area contributed by atoms with Crippen molar-refractivity contribution < 1.29 is 14.4 Å². The molecule has 1 saturated carbocycles. The average Bonchev–Trinajstić information content (AvgIpc) is 2.84. The van der Waals surface area contributed by atoms with E-state index in [4.69, 9.17) is 11.5 Å². The van der Waals surface area contributed by atoms with Crippen LogP contribution in [0.5, 0.6) is 0 Å². The van der Waals surface area contributed by atoms with E-state index in [1.54, 1.807) is 0 Å². The number of carbonyl (C=O) groups excluding carboxylic acids is 3. The number of nitrogens with two attached hydrogens (primary N) is 2. The topological polar surface area (TPSA) is 119 Å². The maximum atomic E-state index is 12.3. The van der Waals surface area contributed by atoms with Crippen molar-refractivity contribution in [2.45, 2.75) is 43.7 Å². The van der Waals surface area contributed by atoms with E-state index in [0.29, 0.717) is 19.3 Å². The molecular weight excluding hydrogens is 248 g/mol. The number of imide groups is 1. The summed E-state index contributed by atoms with van der Waals surface area (Å²) in [5, 5.41) is 3.02. The van der Waals surface area contributed by atoms with E-state index in [0.717, 1.165) is 24.3 Å². The zero-order valence-electron chi connectivity index (χ0n) is 10.9. The van der Waals surface area contributed by atoms with E-state index in [1.165, 1.54) is 0 Å². The zero-order chi connectivity index (χ0) is 14.0. The molecule has 2 rings (SSSR count). The van der Waals surface area contributed by atoms with Crippen molar-refractivity contribution >= 4 is 17.7 Å². The van der Waals surface area contributed by atoms with Gasteiger partial charge in [0.25, 0.3) is 0 Å². The molecule has 1 saturated heterocycles.